The maximum absolute atomic E-state index is 13.1. The Bertz CT molecular complexity index is 839. The van der Waals surface area contributed by atoms with E-state index in [4.69, 9.17) is 9.47 Å². The number of anilines is 1. The number of rotatable bonds is 5. The predicted octanol–water partition coefficient (Wildman–Crippen LogP) is 4.26. The molecule has 0 spiro atoms. The Morgan fingerprint density at radius 3 is 2.44 bits per heavy atom. The lowest BCUT2D eigenvalue weighted by molar-refractivity contribution is -0.156. The summed E-state index contributed by atoms with van der Waals surface area (Å²) in [5, 5.41) is 0. The van der Waals surface area contributed by atoms with E-state index in [1.807, 2.05) is 63.2 Å². The molecular formula is C22H25NO4. The normalized spacial score (nSPS) is 16.2. The summed E-state index contributed by atoms with van der Waals surface area (Å²) in [5.41, 5.74) is 2.21. The fourth-order valence-electron chi connectivity index (χ4n) is 3.16. The molecule has 1 amide bonds. The number of benzene rings is 2. The van der Waals surface area contributed by atoms with Crippen LogP contribution in [0.25, 0.3) is 0 Å². The van der Waals surface area contributed by atoms with E-state index in [-0.39, 0.29) is 23.7 Å². The van der Waals surface area contributed by atoms with Crippen molar-refractivity contribution in [3.8, 4) is 5.75 Å². The van der Waals surface area contributed by atoms with Gasteiger partial charge in [-0.05, 0) is 29.2 Å². The zero-order chi connectivity index (χ0) is 19.6. The van der Waals surface area contributed by atoms with Crippen LogP contribution in [0.1, 0.15) is 44.4 Å². The molecule has 27 heavy (non-hydrogen) atoms. The average molecular weight is 367 g/mol. The van der Waals surface area contributed by atoms with Crippen molar-refractivity contribution in [2.45, 2.75) is 39.8 Å². The Balaban J connectivity index is 1.90. The third kappa shape index (κ3) is 4.30. The van der Waals surface area contributed by atoms with Gasteiger partial charge in [-0.15, -0.1) is 0 Å². The number of ether oxygens (including phenoxy) is 2. The maximum atomic E-state index is 13.1. The van der Waals surface area contributed by atoms with Crippen molar-refractivity contribution in [3.05, 3.63) is 59.7 Å². The molecule has 0 aromatic heterocycles. The summed E-state index contributed by atoms with van der Waals surface area (Å²) in [4.78, 5) is 27.1. The third-order valence-corrected chi connectivity index (χ3v) is 4.41. The molecule has 1 atom stereocenters. The zero-order valence-electron chi connectivity index (χ0n) is 16.2. The van der Waals surface area contributed by atoms with Gasteiger partial charge in [0.1, 0.15) is 5.75 Å². The molecule has 0 unspecified atom stereocenters. The predicted molar refractivity (Wildman–Crippen MR) is 104 cm³/mol. The minimum atomic E-state index is -0.936. The Labute approximate surface area is 159 Å². The maximum Gasteiger partial charge on any atom is 0.307 e. The Kier molecular flexibility index (Phi) is 5.22. The second-order valence-corrected chi connectivity index (χ2v) is 7.94. The molecule has 0 fully saturated rings. The van der Waals surface area contributed by atoms with Gasteiger partial charge < -0.3 is 14.4 Å². The van der Waals surface area contributed by atoms with E-state index in [1.54, 1.807) is 18.1 Å². The molecule has 1 aliphatic heterocycles. The summed E-state index contributed by atoms with van der Waals surface area (Å²) in [6.07, 6.45) is -0.692. The number of hydrogen-bond acceptors (Lipinski definition) is 4. The van der Waals surface area contributed by atoms with Crippen LogP contribution in [0.2, 0.25) is 0 Å². The van der Waals surface area contributed by atoms with Crippen molar-refractivity contribution in [3.63, 3.8) is 0 Å². The molecule has 0 saturated heterocycles. The van der Waals surface area contributed by atoms with E-state index < -0.39 is 6.10 Å². The molecule has 5 nitrogen and oxygen atoms in total. The van der Waals surface area contributed by atoms with Crippen LogP contribution in [0.5, 0.6) is 5.75 Å². The van der Waals surface area contributed by atoms with Crippen LogP contribution in [-0.2, 0) is 20.9 Å². The van der Waals surface area contributed by atoms with Crippen molar-refractivity contribution in [2.75, 3.05) is 12.0 Å². The number of amides is 1. The molecule has 142 valence electrons. The van der Waals surface area contributed by atoms with Crippen LogP contribution in [-0.4, -0.2) is 19.0 Å². The Morgan fingerprint density at radius 1 is 1.11 bits per heavy atom. The van der Waals surface area contributed by atoms with Gasteiger partial charge in [0.05, 0.1) is 25.8 Å². The standard InChI is InChI=1S/C22H25NO4/c1-22(2,3)13-19(24)27-20-17-12-16(26-4)10-11-18(17)23(21(20)25)14-15-8-6-5-7-9-15/h5-12,20H,13-14H2,1-4H3/t20-/m0/s1. The van der Waals surface area contributed by atoms with E-state index in [0.29, 0.717) is 17.9 Å². The molecule has 0 bridgehead atoms. The number of esters is 1. The smallest absolute Gasteiger partial charge is 0.307 e. The van der Waals surface area contributed by atoms with E-state index in [9.17, 15) is 9.59 Å². The van der Waals surface area contributed by atoms with Crippen LogP contribution < -0.4 is 9.64 Å². The number of hydrogen-bond donors (Lipinski definition) is 0. The first-order chi connectivity index (χ1) is 12.8. The minimum Gasteiger partial charge on any atom is -0.497 e. The van der Waals surface area contributed by atoms with Crippen LogP contribution in [0.15, 0.2) is 48.5 Å². The van der Waals surface area contributed by atoms with Crippen molar-refractivity contribution >= 4 is 17.6 Å². The first-order valence-electron chi connectivity index (χ1n) is 9.01. The fourth-order valence-corrected chi connectivity index (χ4v) is 3.16. The summed E-state index contributed by atoms with van der Waals surface area (Å²) in [7, 11) is 1.57. The second kappa shape index (κ2) is 7.43. The third-order valence-electron chi connectivity index (χ3n) is 4.41. The largest absolute Gasteiger partial charge is 0.497 e. The SMILES string of the molecule is COc1ccc2c(c1)[C@H](OC(=O)CC(C)(C)C)C(=O)N2Cc1ccccc1. The molecule has 1 aliphatic rings. The summed E-state index contributed by atoms with van der Waals surface area (Å²) in [5.74, 6) is 0.0144. The van der Waals surface area contributed by atoms with Gasteiger partial charge in [-0.1, -0.05) is 51.1 Å². The summed E-state index contributed by atoms with van der Waals surface area (Å²) in [6, 6.07) is 15.2. The van der Waals surface area contributed by atoms with Gasteiger partial charge in [0, 0.05) is 5.56 Å². The number of carbonyl (C=O) groups is 2. The molecule has 0 radical (unpaired) electrons. The molecule has 0 aliphatic carbocycles. The number of fused-ring (bicyclic) bond motifs is 1. The topological polar surface area (TPSA) is 55.8 Å². The Morgan fingerprint density at radius 2 is 1.81 bits per heavy atom. The monoisotopic (exact) mass is 367 g/mol. The van der Waals surface area contributed by atoms with Gasteiger partial charge in [-0.3, -0.25) is 9.59 Å². The molecule has 0 N–H and O–H groups in total. The van der Waals surface area contributed by atoms with Crippen molar-refractivity contribution in [1.29, 1.82) is 0 Å². The quantitative estimate of drug-likeness (QED) is 0.741. The van der Waals surface area contributed by atoms with E-state index in [2.05, 4.69) is 0 Å². The van der Waals surface area contributed by atoms with Gasteiger partial charge in [0.25, 0.3) is 5.91 Å². The molecule has 1 heterocycles. The van der Waals surface area contributed by atoms with Gasteiger partial charge in [-0.2, -0.15) is 0 Å². The van der Waals surface area contributed by atoms with E-state index in [1.165, 1.54) is 0 Å². The lowest BCUT2D eigenvalue weighted by Gasteiger charge is -2.20. The van der Waals surface area contributed by atoms with Crippen molar-refractivity contribution in [2.24, 2.45) is 5.41 Å². The molecular weight excluding hydrogens is 342 g/mol. The van der Waals surface area contributed by atoms with E-state index in [0.717, 1.165) is 11.3 Å². The van der Waals surface area contributed by atoms with Gasteiger partial charge in [-0.25, -0.2) is 0 Å². The van der Waals surface area contributed by atoms with Gasteiger partial charge in [0.2, 0.25) is 6.10 Å². The van der Waals surface area contributed by atoms with E-state index >= 15 is 0 Å². The molecule has 2 aromatic carbocycles. The van der Waals surface area contributed by atoms with Gasteiger partial charge >= 0.3 is 5.97 Å². The minimum absolute atomic E-state index is 0.209. The van der Waals surface area contributed by atoms with Gasteiger partial charge in [0.15, 0.2) is 0 Å². The number of nitrogens with zero attached hydrogens (tertiary/aromatic N) is 1. The molecule has 2 aromatic rings. The first kappa shape index (κ1) is 19.0. The summed E-state index contributed by atoms with van der Waals surface area (Å²) in [6.45, 7) is 6.31. The highest BCUT2D eigenvalue weighted by Gasteiger charge is 2.40. The lowest BCUT2D eigenvalue weighted by Crippen LogP contribution is -2.30. The Hall–Kier alpha value is -2.82. The molecule has 5 heteroatoms. The first-order valence-corrected chi connectivity index (χ1v) is 9.01. The zero-order valence-corrected chi connectivity index (χ0v) is 16.2. The second-order valence-electron chi connectivity index (χ2n) is 7.94. The number of carbonyl (C=O) groups excluding carboxylic acids is 2. The summed E-state index contributed by atoms with van der Waals surface area (Å²) >= 11 is 0. The highest BCUT2D eigenvalue weighted by atomic mass is 16.5. The van der Waals surface area contributed by atoms with Crippen LogP contribution in [0.4, 0.5) is 5.69 Å². The highest BCUT2D eigenvalue weighted by molar-refractivity contribution is 6.05. The van der Waals surface area contributed by atoms with Crippen molar-refractivity contribution in [1.82, 2.24) is 0 Å². The number of methoxy groups -OCH3 is 1. The average Bonchev–Trinajstić information content (AvgIpc) is 2.86. The van der Waals surface area contributed by atoms with Crippen LogP contribution in [0.3, 0.4) is 0 Å². The lowest BCUT2D eigenvalue weighted by atomic mass is 9.92. The highest BCUT2D eigenvalue weighted by Crippen LogP contribution is 2.41. The molecule has 0 saturated carbocycles. The summed E-state index contributed by atoms with van der Waals surface area (Å²) < 4.78 is 10.9. The fraction of sp³-hybridized carbons (Fsp3) is 0.364. The van der Waals surface area contributed by atoms with Crippen LogP contribution in [0, 0.1) is 5.41 Å². The molecule has 3 rings (SSSR count). The van der Waals surface area contributed by atoms with Crippen molar-refractivity contribution < 1.29 is 19.1 Å². The van der Waals surface area contributed by atoms with Crippen LogP contribution >= 0.6 is 0 Å².